The SMILES string of the molecule is Cn1cccc1C(=O)N[C@@H]1C[C@@H]2C(=O)Nc3ccc(C=Cc4ccc(O)cc4)cc3C(=O)N2C1. The highest BCUT2D eigenvalue weighted by Crippen LogP contribution is 2.30. The first-order chi connectivity index (χ1) is 16.4. The van der Waals surface area contributed by atoms with E-state index in [9.17, 15) is 19.5 Å². The highest BCUT2D eigenvalue weighted by Gasteiger charge is 2.43. The van der Waals surface area contributed by atoms with E-state index in [2.05, 4.69) is 10.6 Å². The Morgan fingerprint density at radius 3 is 2.56 bits per heavy atom. The molecule has 3 aromatic rings. The van der Waals surface area contributed by atoms with Crippen LogP contribution in [0.4, 0.5) is 5.69 Å². The van der Waals surface area contributed by atoms with Crippen molar-refractivity contribution in [1.82, 2.24) is 14.8 Å². The molecule has 3 amide bonds. The summed E-state index contributed by atoms with van der Waals surface area (Å²) in [6, 6.07) is 14.7. The zero-order chi connectivity index (χ0) is 23.8. The summed E-state index contributed by atoms with van der Waals surface area (Å²) in [5, 5.41) is 15.3. The number of anilines is 1. The second-order valence-electron chi connectivity index (χ2n) is 8.60. The zero-order valence-electron chi connectivity index (χ0n) is 18.6. The van der Waals surface area contributed by atoms with E-state index in [4.69, 9.17) is 0 Å². The van der Waals surface area contributed by atoms with E-state index in [-0.39, 0.29) is 36.1 Å². The summed E-state index contributed by atoms with van der Waals surface area (Å²) < 4.78 is 1.73. The van der Waals surface area contributed by atoms with Crippen molar-refractivity contribution >= 4 is 35.6 Å². The summed E-state index contributed by atoms with van der Waals surface area (Å²) in [6.07, 6.45) is 5.90. The number of carbonyl (C=O) groups is 3. The molecular formula is C26H24N4O4. The number of aromatic hydroxyl groups is 1. The first-order valence-electron chi connectivity index (χ1n) is 11.0. The highest BCUT2D eigenvalue weighted by atomic mass is 16.3. The molecular weight excluding hydrogens is 432 g/mol. The van der Waals surface area contributed by atoms with Gasteiger partial charge in [0.25, 0.3) is 11.8 Å². The first kappa shape index (κ1) is 21.5. The molecule has 0 unspecified atom stereocenters. The van der Waals surface area contributed by atoms with Gasteiger partial charge in [0.1, 0.15) is 17.5 Å². The van der Waals surface area contributed by atoms with Crippen LogP contribution in [0.2, 0.25) is 0 Å². The molecule has 0 saturated carbocycles. The summed E-state index contributed by atoms with van der Waals surface area (Å²) in [6.45, 7) is 0.264. The number of hydrogen-bond acceptors (Lipinski definition) is 4. The summed E-state index contributed by atoms with van der Waals surface area (Å²) in [4.78, 5) is 40.5. The maximum Gasteiger partial charge on any atom is 0.268 e. The second kappa shape index (κ2) is 8.55. The average Bonchev–Trinajstić information content (AvgIpc) is 3.43. The van der Waals surface area contributed by atoms with Gasteiger partial charge in [-0.05, 0) is 53.9 Å². The Kier molecular flexibility index (Phi) is 5.41. The minimum atomic E-state index is -0.644. The minimum Gasteiger partial charge on any atom is -0.508 e. The number of aromatic nitrogens is 1. The molecule has 8 nitrogen and oxygen atoms in total. The summed E-state index contributed by atoms with van der Waals surface area (Å²) in [7, 11) is 1.79. The Labute approximate surface area is 196 Å². The Morgan fingerprint density at radius 2 is 1.82 bits per heavy atom. The van der Waals surface area contributed by atoms with Crippen molar-refractivity contribution in [1.29, 1.82) is 0 Å². The molecule has 2 aliphatic heterocycles. The van der Waals surface area contributed by atoms with Gasteiger partial charge in [0.05, 0.1) is 11.3 Å². The van der Waals surface area contributed by atoms with E-state index in [1.807, 2.05) is 18.2 Å². The van der Waals surface area contributed by atoms with Crippen LogP contribution in [0.15, 0.2) is 60.8 Å². The van der Waals surface area contributed by atoms with Gasteiger partial charge in [-0.15, -0.1) is 0 Å². The molecule has 1 fully saturated rings. The Morgan fingerprint density at radius 1 is 1.09 bits per heavy atom. The molecule has 3 heterocycles. The monoisotopic (exact) mass is 456 g/mol. The van der Waals surface area contributed by atoms with Crippen molar-refractivity contribution in [3.63, 3.8) is 0 Å². The number of rotatable bonds is 4. The Hall–Kier alpha value is -4.33. The van der Waals surface area contributed by atoms with Crippen LogP contribution in [0.1, 0.15) is 38.4 Å². The number of aryl methyl sites for hydroxylation is 1. The van der Waals surface area contributed by atoms with Gasteiger partial charge in [-0.1, -0.05) is 30.4 Å². The number of hydrogen-bond donors (Lipinski definition) is 3. The molecule has 2 aliphatic rings. The largest absolute Gasteiger partial charge is 0.508 e. The van der Waals surface area contributed by atoms with Crippen LogP contribution in [0.3, 0.4) is 0 Å². The van der Waals surface area contributed by atoms with E-state index in [0.717, 1.165) is 11.1 Å². The van der Waals surface area contributed by atoms with Crippen LogP contribution in [-0.4, -0.2) is 50.9 Å². The first-order valence-corrected chi connectivity index (χ1v) is 11.0. The van der Waals surface area contributed by atoms with Gasteiger partial charge < -0.3 is 25.2 Å². The molecule has 172 valence electrons. The van der Waals surface area contributed by atoms with Gasteiger partial charge in [0, 0.05) is 25.8 Å². The minimum absolute atomic E-state index is 0.196. The van der Waals surface area contributed by atoms with E-state index in [1.165, 1.54) is 0 Å². The number of nitrogens with zero attached hydrogens (tertiary/aromatic N) is 2. The van der Waals surface area contributed by atoms with Crippen molar-refractivity contribution in [2.45, 2.75) is 18.5 Å². The van der Waals surface area contributed by atoms with Gasteiger partial charge in [-0.3, -0.25) is 14.4 Å². The Balaban J connectivity index is 1.35. The second-order valence-corrected chi connectivity index (χ2v) is 8.60. The molecule has 5 rings (SSSR count). The van der Waals surface area contributed by atoms with Gasteiger partial charge in [0.2, 0.25) is 5.91 Å². The van der Waals surface area contributed by atoms with Crippen LogP contribution in [0, 0.1) is 0 Å². The highest BCUT2D eigenvalue weighted by molar-refractivity contribution is 6.10. The lowest BCUT2D eigenvalue weighted by Gasteiger charge is -2.20. The number of nitrogens with one attached hydrogen (secondary N) is 2. The summed E-state index contributed by atoms with van der Waals surface area (Å²) >= 11 is 0. The van der Waals surface area contributed by atoms with Crippen LogP contribution < -0.4 is 10.6 Å². The maximum atomic E-state index is 13.4. The van der Waals surface area contributed by atoms with Gasteiger partial charge in [-0.2, -0.15) is 0 Å². The quantitative estimate of drug-likeness (QED) is 0.525. The smallest absolute Gasteiger partial charge is 0.268 e. The third-order valence-electron chi connectivity index (χ3n) is 6.27. The van der Waals surface area contributed by atoms with E-state index in [0.29, 0.717) is 23.4 Å². The van der Waals surface area contributed by atoms with Crippen molar-refractivity contribution in [3.8, 4) is 5.75 Å². The number of phenolic OH excluding ortho intramolecular Hbond substituents is 1. The lowest BCUT2D eigenvalue weighted by atomic mass is 10.1. The van der Waals surface area contributed by atoms with Gasteiger partial charge in [0.15, 0.2) is 0 Å². The lowest BCUT2D eigenvalue weighted by Crippen LogP contribution is -2.41. The maximum absolute atomic E-state index is 13.4. The molecule has 34 heavy (non-hydrogen) atoms. The third kappa shape index (κ3) is 4.05. The van der Waals surface area contributed by atoms with Crippen LogP contribution in [0.5, 0.6) is 5.75 Å². The van der Waals surface area contributed by atoms with E-state index >= 15 is 0 Å². The van der Waals surface area contributed by atoms with Crippen molar-refractivity contribution in [3.05, 3.63) is 83.2 Å². The fraction of sp³-hybridized carbons (Fsp3) is 0.192. The van der Waals surface area contributed by atoms with Crippen LogP contribution in [-0.2, 0) is 11.8 Å². The van der Waals surface area contributed by atoms with Gasteiger partial charge in [-0.25, -0.2) is 0 Å². The standard InChI is InChI=1S/C26H24N4O4/c1-29-12-2-3-22(29)24(32)27-18-14-23-25(33)28-21-11-8-17(13-20(21)26(34)30(23)15-18)5-4-16-6-9-19(31)10-7-16/h2-13,18,23,31H,14-15H2,1H3,(H,27,32)(H,28,33)/t18-,23-/m1/s1. The van der Waals surface area contributed by atoms with Crippen LogP contribution >= 0.6 is 0 Å². The number of carbonyl (C=O) groups excluding carboxylic acids is 3. The van der Waals surface area contributed by atoms with E-state index in [1.54, 1.807) is 71.2 Å². The summed E-state index contributed by atoms with van der Waals surface area (Å²) in [5.74, 6) is -0.532. The normalized spacial score (nSPS) is 19.5. The average molecular weight is 457 g/mol. The predicted molar refractivity (Wildman–Crippen MR) is 128 cm³/mol. The van der Waals surface area contributed by atoms with Crippen molar-refractivity contribution < 1.29 is 19.5 Å². The van der Waals surface area contributed by atoms with Gasteiger partial charge >= 0.3 is 0 Å². The molecule has 2 atom stereocenters. The van der Waals surface area contributed by atoms with Crippen molar-refractivity contribution in [2.75, 3.05) is 11.9 Å². The molecule has 1 saturated heterocycles. The molecule has 0 radical (unpaired) electrons. The number of fused-ring (bicyclic) bond motifs is 2. The molecule has 3 N–H and O–H groups in total. The number of amides is 3. The molecule has 8 heteroatoms. The lowest BCUT2D eigenvalue weighted by molar-refractivity contribution is -0.119. The zero-order valence-corrected chi connectivity index (χ0v) is 18.6. The summed E-state index contributed by atoms with van der Waals surface area (Å²) in [5.41, 5.74) is 3.13. The van der Waals surface area contributed by atoms with E-state index < -0.39 is 6.04 Å². The molecule has 1 aromatic heterocycles. The molecule has 0 spiro atoms. The van der Waals surface area contributed by atoms with Crippen LogP contribution in [0.25, 0.3) is 12.2 Å². The number of benzene rings is 2. The molecule has 0 aliphatic carbocycles. The topological polar surface area (TPSA) is 104 Å². The van der Waals surface area contributed by atoms with Crippen molar-refractivity contribution in [2.24, 2.45) is 7.05 Å². The Bertz CT molecular complexity index is 1310. The molecule has 2 aromatic carbocycles. The predicted octanol–water partition coefficient (Wildman–Crippen LogP) is 2.87. The fourth-order valence-electron chi connectivity index (χ4n) is 4.47. The number of phenols is 1. The third-order valence-corrected chi connectivity index (χ3v) is 6.27. The molecule has 0 bridgehead atoms. The fourth-order valence-corrected chi connectivity index (χ4v) is 4.47.